The molecule has 0 bridgehead atoms. The van der Waals surface area contributed by atoms with Gasteiger partial charge in [0.1, 0.15) is 33.9 Å². The van der Waals surface area contributed by atoms with Gasteiger partial charge in [-0.15, -0.1) is 0 Å². The third-order valence-electron chi connectivity index (χ3n) is 9.81. The summed E-state index contributed by atoms with van der Waals surface area (Å²) < 4.78 is 19.0. The number of aromatic nitrogens is 8. The van der Waals surface area contributed by atoms with Gasteiger partial charge in [0.05, 0.1) is 36.1 Å². The monoisotopic (exact) mass is 791 g/mol. The molecular formula is C39H45N13O6. The van der Waals surface area contributed by atoms with Crippen molar-refractivity contribution < 1.29 is 28.7 Å². The van der Waals surface area contributed by atoms with Gasteiger partial charge in [-0.25, -0.2) is 20.0 Å². The molecule has 0 aliphatic carbocycles. The lowest BCUT2D eigenvalue weighted by atomic mass is 10.1. The molecule has 6 aromatic rings. The zero-order valence-electron chi connectivity index (χ0n) is 33.1. The molecule has 0 saturated carbocycles. The van der Waals surface area contributed by atoms with Crippen LogP contribution >= 0.6 is 0 Å². The average Bonchev–Trinajstić information content (AvgIpc) is 3.96. The molecule has 0 atom stereocenters. The Bertz CT molecular complexity index is 2630. The van der Waals surface area contributed by atoms with E-state index in [2.05, 4.69) is 15.5 Å². The maximum absolute atomic E-state index is 14.7. The number of nitrogens with zero attached hydrogens (tertiary/aromatic N) is 10. The lowest BCUT2D eigenvalue weighted by Crippen LogP contribution is -2.47. The third kappa shape index (κ3) is 7.22. The summed E-state index contributed by atoms with van der Waals surface area (Å²) in [6, 6.07) is 9.66. The summed E-state index contributed by atoms with van der Waals surface area (Å²) in [5, 5.41) is 15.1. The summed E-state index contributed by atoms with van der Waals surface area (Å²) >= 11 is 0. The maximum atomic E-state index is 14.7. The minimum Gasteiger partial charge on any atom is -0.494 e. The second kappa shape index (κ2) is 15.8. The maximum Gasteiger partial charge on any atom is 0.293 e. The molecule has 0 radical (unpaired) electrons. The molecule has 5 N–H and O–H groups in total. The predicted octanol–water partition coefficient (Wildman–Crippen LogP) is 3.43. The Morgan fingerprint density at radius 3 is 2.05 bits per heavy atom. The number of fused-ring (bicyclic) bond motifs is 3. The molecule has 4 amide bonds. The van der Waals surface area contributed by atoms with Gasteiger partial charge in [-0.2, -0.15) is 10.2 Å². The molecule has 4 aromatic heterocycles. The van der Waals surface area contributed by atoms with Crippen molar-refractivity contribution in [2.24, 2.45) is 11.5 Å². The van der Waals surface area contributed by atoms with Crippen LogP contribution in [-0.2, 0) is 26.2 Å². The van der Waals surface area contributed by atoms with Crippen LogP contribution in [-0.4, -0.2) is 94.6 Å². The van der Waals surface area contributed by atoms with E-state index in [1.54, 1.807) is 62.4 Å². The SMILES string of the molecule is CCn1nc(C)cc1C(=O)Nc1nc2cc(C(N)=O)cc3c2n1C/C=C/Cn1c(nc2cc(C(N)=O)cc(OC)c21)N(C(=O)c1cc(C)nn1CC)N(C)CCCO3. The first-order valence-electron chi connectivity index (χ1n) is 18.8. The number of aryl methyl sites for hydroxylation is 4. The van der Waals surface area contributed by atoms with Gasteiger partial charge < -0.3 is 30.1 Å². The fourth-order valence-corrected chi connectivity index (χ4v) is 7.14. The van der Waals surface area contributed by atoms with Crippen LogP contribution in [0.15, 0.2) is 48.6 Å². The fourth-order valence-electron chi connectivity index (χ4n) is 7.14. The Labute approximate surface area is 332 Å². The highest BCUT2D eigenvalue weighted by Gasteiger charge is 2.32. The Balaban J connectivity index is 1.39. The molecule has 19 heteroatoms. The lowest BCUT2D eigenvalue weighted by molar-refractivity contribution is 0.0892. The molecule has 1 aliphatic rings. The average molecular weight is 792 g/mol. The van der Waals surface area contributed by atoms with Gasteiger partial charge in [0.2, 0.25) is 23.7 Å². The van der Waals surface area contributed by atoms with Crippen LogP contribution in [0.4, 0.5) is 11.9 Å². The zero-order valence-corrected chi connectivity index (χ0v) is 33.1. The van der Waals surface area contributed by atoms with E-state index in [1.165, 1.54) is 12.1 Å². The van der Waals surface area contributed by atoms with Crippen LogP contribution in [0.1, 0.15) is 73.3 Å². The number of carbonyl (C=O) groups excluding carboxylic acids is 4. The molecule has 58 heavy (non-hydrogen) atoms. The second-order valence-electron chi connectivity index (χ2n) is 13.8. The summed E-state index contributed by atoms with van der Waals surface area (Å²) in [5.74, 6) is -1.02. The van der Waals surface area contributed by atoms with Gasteiger partial charge in [0, 0.05) is 50.9 Å². The topological polar surface area (TPSA) is 229 Å². The summed E-state index contributed by atoms with van der Waals surface area (Å²) in [4.78, 5) is 63.0. The highest BCUT2D eigenvalue weighted by molar-refractivity contribution is 6.06. The number of primary amides is 2. The van der Waals surface area contributed by atoms with E-state index in [-0.39, 0.29) is 48.6 Å². The highest BCUT2D eigenvalue weighted by Crippen LogP contribution is 2.35. The Hall–Kier alpha value is -7.02. The van der Waals surface area contributed by atoms with Crippen molar-refractivity contribution in [2.45, 2.75) is 60.3 Å². The van der Waals surface area contributed by atoms with Crippen LogP contribution in [0.25, 0.3) is 22.1 Å². The minimum absolute atomic E-state index is 0.152. The quantitative estimate of drug-likeness (QED) is 0.189. The molecule has 0 spiro atoms. The zero-order chi connectivity index (χ0) is 41.4. The number of rotatable bonds is 8. The molecule has 2 aromatic carbocycles. The van der Waals surface area contributed by atoms with Gasteiger partial charge in [-0.1, -0.05) is 12.2 Å². The van der Waals surface area contributed by atoms with E-state index in [1.807, 2.05) is 44.4 Å². The highest BCUT2D eigenvalue weighted by atomic mass is 16.5. The number of hydrogen-bond donors (Lipinski definition) is 3. The van der Waals surface area contributed by atoms with E-state index >= 15 is 0 Å². The summed E-state index contributed by atoms with van der Waals surface area (Å²) in [5.41, 5.74) is 15.7. The van der Waals surface area contributed by atoms with Gasteiger partial charge in [-0.3, -0.25) is 33.9 Å². The standard InChI is InChI=1S/C39H45N13O6/c1-7-50-28(16-22(3)45-50)36(55)44-38-42-26-18-25(35(41)54)21-31-33(26)48(38)13-9-10-14-49-32-27(19-24(34(40)53)20-30(32)57-6)43-39(49)52(47(5)12-11-15-58-31)37(56)29-17-23(4)46-51(29)8-2/h9-10,16-21H,7-8,11-15H2,1-6H3,(H2,40,53)(H2,41,54)(H,42,44,55)/b10-9+. The number of hydrazine groups is 1. The summed E-state index contributed by atoms with van der Waals surface area (Å²) in [7, 11) is 3.25. The molecule has 1 aliphatic heterocycles. The van der Waals surface area contributed by atoms with E-state index in [9.17, 15) is 19.2 Å². The van der Waals surface area contributed by atoms with Crippen molar-refractivity contribution in [2.75, 3.05) is 37.6 Å². The summed E-state index contributed by atoms with van der Waals surface area (Å²) in [6.45, 7) is 9.18. The number of allylic oxidation sites excluding steroid dienone is 2. The first-order chi connectivity index (χ1) is 27.8. The van der Waals surface area contributed by atoms with Crippen LogP contribution < -0.4 is 31.3 Å². The smallest absolute Gasteiger partial charge is 0.293 e. The number of carbonyl (C=O) groups is 4. The number of nitrogens with one attached hydrogen (secondary N) is 1. The minimum atomic E-state index is -0.671. The number of anilines is 2. The Morgan fingerprint density at radius 2 is 1.41 bits per heavy atom. The first kappa shape index (κ1) is 39.2. The van der Waals surface area contributed by atoms with Gasteiger partial charge in [-0.05, 0) is 70.5 Å². The van der Waals surface area contributed by atoms with Gasteiger partial charge >= 0.3 is 0 Å². The predicted molar refractivity (Wildman–Crippen MR) is 215 cm³/mol. The summed E-state index contributed by atoms with van der Waals surface area (Å²) in [6.07, 6.45) is 4.15. The number of nitrogens with two attached hydrogens (primary N) is 2. The second-order valence-corrected chi connectivity index (χ2v) is 13.8. The number of amides is 4. The normalized spacial score (nSPS) is 14.4. The molecule has 19 nitrogen and oxygen atoms in total. The van der Waals surface area contributed by atoms with Crippen molar-refractivity contribution in [3.8, 4) is 11.5 Å². The van der Waals surface area contributed by atoms with Crippen molar-refractivity contribution >= 4 is 57.6 Å². The number of ether oxygens (including phenoxy) is 2. The van der Waals surface area contributed by atoms with Crippen molar-refractivity contribution in [3.05, 3.63) is 82.5 Å². The van der Waals surface area contributed by atoms with E-state index < -0.39 is 17.7 Å². The van der Waals surface area contributed by atoms with E-state index in [0.29, 0.717) is 82.4 Å². The lowest BCUT2D eigenvalue weighted by Gasteiger charge is -2.31. The molecule has 0 unspecified atom stereocenters. The molecule has 0 fully saturated rings. The number of methoxy groups -OCH3 is 1. The van der Waals surface area contributed by atoms with Crippen LogP contribution in [0.5, 0.6) is 11.5 Å². The van der Waals surface area contributed by atoms with Crippen molar-refractivity contribution in [1.82, 2.24) is 43.7 Å². The van der Waals surface area contributed by atoms with Gasteiger partial charge in [0.25, 0.3) is 11.8 Å². The van der Waals surface area contributed by atoms with Crippen LogP contribution in [0, 0.1) is 13.8 Å². The molecule has 302 valence electrons. The molecule has 7 rings (SSSR count). The van der Waals surface area contributed by atoms with Gasteiger partial charge in [0.15, 0.2) is 0 Å². The molecule has 5 heterocycles. The van der Waals surface area contributed by atoms with Crippen LogP contribution in [0.2, 0.25) is 0 Å². The number of benzene rings is 2. The van der Waals surface area contributed by atoms with Crippen molar-refractivity contribution in [3.63, 3.8) is 0 Å². The molecular weight excluding hydrogens is 747 g/mol. The Morgan fingerprint density at radius 1 is 0.810 bits per heavy atom. The Kier molecular flexibility index (Phi) is 10.7. The molecule has 0 saturated heterocycles. The van der Waals surface area contributed by atoms with E-state index in [0.717, 1.165) is 0 Å². The van der Waals surface area contributed by atoms with Crippen molar-refractivity contribution in [1.29, 1.82) is 0 Å². The number of imidazole rings is 2. The first-order valence-corrected chi connectivity index (χ1v) is 18.8. The largest absolute Gasteiger partial charge is 0.494 e. The third-order valence-corrected chi connectivity index (χ3v) is 9.81. The number of hydrogen-bond acceptors (Lipinski definition) is 11. The fraction of sp³-hybridized carbons (Fsp3) is 0.333. The van der Waals surface area contributed by atoms with E-state index in [4.69, 9.17) is 30.9 Å². The van der Waals surface area contributed by atoms with Crippen LogP contribution in [0.3, 0.4) is 0 Å².